The molecule has 0 saturated carbocycles. The van der Waals surface area contributed by atoms with Crippen LogP contribution in [0.15, 0.2) is 47.0 Å². The van der Waals surface area contributed by atoms with E-state index in [2.05, 4.69) is 5.16 Å². The zero-order chi connectivity index (χ0) is 15.0. The van der Waals surface area contributed by atoms with Gasteiger partial charge < -0.3 is 10.3 Å². The van der Waals surface area contributed by atoms with E-state index in [9.17, 15) is 4.39 Å². The molecule has 3 nitrogen and oxygen atoms in total. The zero-order valence-electron chi connectivity index (χ0n) is 11.9. The fraction of sp³-hybridized carbons (Fsp3) is 0.118. The Balaban J connectivity index is 2.22. The highest BCUT2D eigenvalue weighted by molar-refractivity contribution is 5.87. The smallest absolute Gasteiger partial charge is 0.230 e. The lowest BCUT2D eigenvalue weighted by Crippen LogP contribution is -1.90. The monoisotopic (exact) mass is 282 g/mol. The molecule has 3 aromatic rings. The van der Waals surface area contributed by atoms with Gasteiger partial charge in [0.2, 0.25) is 5.88 Å². The van der Waals surface area contributed by atoms with Crippen LogP contribution in [-0.4, -0.2) is 5.16 Å². The number of nitrogens with zero attached hydrogens (tertiary/aromatic N) is 1. The number of hydrogen-bond donors (Lipinski definition) is 1. The van der Waals surface area contributed by atoms with Crippen molar-refractivity contribution in [1.29, 1.82) is 0 Å². The van der Waals surface area contributed by atoms with Gasteiger partial charge >= 0.3 is 0 Å². The van der Waals surface area contributed by atoms with Crippen molar-refractivity contribution in [2.24, 2.45) is 0 Å². The van der Waals surface area contributed by atoms with Crippen LogP contribution in [0.1, 0.15) is 11.1 Å². The lowest BCUT2D eigenvalue weighted by Gasteiger charge is -2.06. The van der Waals surface area contributed by atoms with E-state index in [0.29, 0.717) is 5.69 Å². The predicted molar refractivity (Wildman–Crippen MR) is 81.2 cm³/mol. The minimum absolute atomic E-state index is 0.263. The Kier molecular flexibility index (Phi) is 3.22. The fourth-order valence-electron chi connectivity index (χ4n) is 2.46. The largest absolute Gasteiger partial charge is 0.367 e. The van der Waals surface area contributed by atoms with E-state index in [1.807, 2.05) is 38.1 Å². The first kappa shape index (κ1) is 13.4. The van der Waals surface area contributed by atoms with Crippen molar-refractivity contribution < 1.29 is 8.91 Å². The molecular formula is C17H15FN2O. The summed E-state index contributed by atoms with van der Waals surface area (Å²) in [5, 5.41) is 4.06. The maximum Gasteiger partial charge on any atom is 0.230 e. The summed E-state index contributed by atoms with van der Waals surface area (Å²) in [6.07, 6.45) is 0. The van der Waals surface area contributed by atoms with E-state index in [0.717, 1.165) is 27.8 Å². The highest BCUT2D eigenvalue weighted by Crippen LogP contribution is 2.37. The van der Waals surface area contributed by atoms with E-state index in [1.165, 1.54) is 12.1 Å². The zero-order valence-corrected chi connectivity index (χ0v) is 11.9. The van der Waals surface area contributed by atoms with Gasteiger partial charge in [0, 0.05) is 5.56 Å². The quantitative estimate of drug-likeness (QED) is 0.760. The van der Waals surface area contributed by atoms with E-state index >= 15 is 0 Å². The molecular weight excluding hydrogens is 267 g/mol. The van der Waals surface area contributed by atoms with Crippen molar-refractivity contribution in [3.63, 3.8) is 0 Å². The molecule has 0 bridgehead atoms. The minimum Gasteiger partial charge on any atom is -0.367 e. The SMILES string of the molecule is Cc1cccc(-c2c(-c3ccc(F)cc3C)noc2N)c1. The molecule has 0 atom stereocenters. The van der Waals surface area contributed by atoms with E-state index in [4.69, 9.17) is 10.3 Å². The maximum absolute atomic E-state index is 13.3. The summed E-state index contributed by atoms with van der Waals surface area (Å²) in [7, 11) is 0. The number of rotatable bonds is 2. The van der Waals surface area contributed by atoms with E-state index < -0.39 is 0 Å². The molecule has 0 saturated heterocycles. The van der Waals surface area contributed by atoms with Crippen LogP contribution in [0.3, 0.4) is 0 Å². The standard InChI is InChI=1S/C17H15FN2O/c1-10-4-3-5-12(8-10)15-16(20-21-17(15)19)14-7-6-13(18)9-11(14)2/h3-9H,19H2,1-2H3. The third kappa shape index (κ3) is 2.40. The molecule has 3 rings (SSSR count). The minimum atomic E-state index is -0.273. The lowest BCUT2D eigenvalue weighted by atomic mass is 9.97. The number of benzene rings is 2. The number of anilines is 1. The van der Waals surface area contributed by atoms with Crippen LogP contribution in [0.25, 0.3) is 22.4 Å². The number of hydrogen-bond acceptors (Lipinski definition) is 3. The van der Waals surface area contributed by atoms with Crippen molar-refractivity contribution >= 4 is 5.88 Å². The normalized spacial score (nSPS) is 10.8. The average Bonchev–Trinajstić information content (AvgIpc) is 2.80. The topological polar surface area (TPSA) is 52.0 Å². The second-order valence-electron chi connectivity index (χ2n) is 5.10. The third-order valence-corrected chi connectivity index (χ3v) is 3.47. The van der Waals surface area contributed by atoms with Crippen LogP contribution in [0.4, 0.5) is 10.3 Å². The van der Waals surface area contributed by atoms with Crippen LogP contribution >= 0.6 is 0 Å². The molecule has 0 fully saturated rings. The molecule has 2 aromatic carbocycles. The van der Waals surface area contributed by atoms with Gasteiger partial charge in [-0.2, -0.15) is 0 Å². The molecule has 1 heterocycles. The summed E-state index contributed by atoms with van der Waals surface area (Å²) in [4.78, 5) is 0. The first-order valence-corrected chi connectivity index (χ1v) is 6.65. The molecule has 21 heavy (non-hydrogen) atoms. The van der Waals surface area contributed by atoms with Crippen molar-refractivity contribution in [3.05, 3.63) is 59.4 Å². The summed E-state index contributed by atoms with van der Waals surface area (Å²) >= 11 is 0. The van der Waals surface area contributed by atoms with Gasteiger partial charge in [-0.25, -0.2) is 4.39 Å². The summed E-state index contributed by atoms with van der Waals surface area (Å²) in [5.74, 6) is -0.0100. The molecule has 0 aliphatic heterocycles. The Bertz CT molecular complexity index is 808. The van der Waals surface area contributed by atoms with Gasteiger partial charge in [0.05, 0.1) is 5.56 Å². The summed E-state index contributed by atoms with van der Waals surface area (Å²) < 4.78 is 18.4. The molecule has 1 aromatic heterocycles. The van der Waals surface area contributed by atoms with Gasteiger partial charge in [-0.1, -0.05) is 35.0 Å². The molecule has 0 aliphatic rings. The first-order valence-electron chi connectivity index (χ1n) is 6.65. The van der Waals surface area contributed by atoms with Crippen LogP contribution < -0.4 is 5.73 Å². The third-order valence-electron chi connectivity index (χ3n) is 3.47. The van der Waals surface area contributed by atoms with Crippen LogP contribution in [0.5, 0.6) is 0 Å². The van der Waals surface area contributed by atoms with Gasteiger partial charge in [0.1, 0.15) is 11.5 Å². The average molecular weight is 282 g/mol. The number of aryl methyl sites for hydroxylation is 2. The van der Waals surface area contributed by atoms with Gasteiger partial charge in [0.25, 0.3) is 0 Å². The van der Waals surface area contributed by atoms with Crippen LogP contribution in [-0.2, 0) is 0 Å². The molecule has 106 valence electrons. The maximum atomic E-state index is 13.3. The Labute approximate surface area is 122 Å². The first-order chi connectivity index (χ1) is 10.1. The van der Waals surface area contributed by atoms with Crippen molar-refractivity contribution in [1.82, 2.24) is 5.16 Å². The number of nitrogens with two attached hydrogens (primary N) is 1. The Morgan fingerprint density at radius 3 is 2.62 bits per heavy atom. The van der Waals surface area contributed by atoms with Gasteiger partial charge in [-0.05, 0) is 43.2 Å². The molecule has 0 amide bonds. The van der Waals surface area contributed by atoms with Crippen LogP contribution in [0, 0.1) is 19.7 Å². The highest BCUT2D eigenvalue weighted by atomic mass is 19.1. The van der Waals surface area contributed by atoms with Crippen molar-refractivity contribution in [2.75, 3.05) is 5.73 Å². The number of nitrogen functional groups attached to an aromatic ring is 1. The predicted octanol–water partition coefficient (Wildman–Crippen LogP) is 4.35. The molecule has 2 N–H and O–H groups in total. The van der Waals surface area contributed by atoms with E-state index in [1.54, 1.807) is 6.07 Å². The Morgan fingerprint density at radius 2 is 1.90 bits per heavy atom. The van der Waals surface area contributed by atoms with Crippen molar-refractivity contribution in [3.8, 4) is 22.4 Å². The number of halogens is 1. The Morgan fingerprint density at radius 1 is 1.10 bits per heavy atom. The van der Waals surface area contributed by atoms with Gasteiger partial charge in [-0.3, -0.25) is 0 Å². The van der Waals surface area contributed by atoms with Crippen LogP contribution in [0.2, 0.25) is 0 Å². The second kappa shape index (κ2) is 5.05. The fourth-order valence-corrected chi connectivity index (χ4v) is 2.46. The van der Waals surface area contributed by atoms with Crippen molar-refractivity contribution in [2.45, 2.75) is 13.8 Å². The Hall–Kier alpha value is -2.62. The lowest BCUT2D eigenvalue weighted by molar-refractivity contribution is 0.439. The molecule has 0 aliphatic carbocycles. The summed E-state index contributed by atoms with van der Waals surface area (Å²) in [6, 6.07) is 12.5. The van der Waals surface area contributed by atoms with Gasteiger partial charge in [0.15, 0.2) is 0 Å². The number of aromatic nitrogens is 1. The summed E-state index contributed by atoms with van der Waals surface area (Å²) in [5.41, 5.74) is 11.0. The molecule has 0 spiro atoms. The second-order valence-corrected chi connectivity index (χ2v) is 5.10. The van der Waals surface area contributed by atoms with E-state index in [-0.39, 0.29) is 11.7 Å². The highest BCUT2D eigenvalue weighted by Gasteiger charge is 2.19. The summed E-state index contributed by atoms with van der Waals surface area (Å²) in [6.45, 7) is 3.85. The van der Waals surface area contributed by atoms with Gasteiger partial charge in [-0.15, -0.1) is 0 Å². The molecule has 0 radical (unpaired) electrons. The molecule has 0 unspecified atom stereocenters. The molecule has 4 heteroatoms.